The van der Waals surface area contributed by atoms with E-state index in [1.165, 1.54) is 6.42 Å². The molecule has 0 N–H and O–H groups in total. The second kappa shape index (κ2) is 5.39. The van der Waals surface area contributed by atoms with E-state index in [9.17, 15) is 0 Å². The number of nitrogens with zero attached hydrogens (tertiary/aromatic N) is 2. The molecule has 1 heterocycles. The highest BCUT2D eigenvalue weighted by atomic mass is 16.5. The van der Waals surface area contributed by atoms with Crippen LogP contribution in [0.5, 0.6) is 5.75 Å². The fourth-order valence-electron chi connectivity index (χ4n) is 1.24. The molecule has 0 unspecified atom stereocenters. The van der Waals surface area contributed by atoms with Gasteiger partial charge in [0.15, 0.2) is 0 Å². The van der Waals surface area contributed by atoms with E-state index in [0.29, 0.717) is 0 Å². The van der Waals surface area contributed by atoms with Gasteiger partial charge in [0.2, 0.25) is 0 Å². The maximum absolute atomic E-state index is 5.08. The van der Waals surface area contributed by atoms with Crippen LogP contribution in [-0.2, 0) is 7.05 Å². The van der Waals surface area contributed by atoms with Crippen LogP contribution < -0.4 is 4.74 Å². The topological polar surface area (TPSA) is 27.1 Å². The van der Waals surface area contributed by atoms with Crippen LogP contribution in [0, 0.1) is 0 Å². The van der Waals surface area contributed by atoms with Gasteiger partial charge >= 0.3 is 0 Å². The molecule has 0 atom stereocenters. The summed E-state index contributed by atoms with van der Waals surface area (Å²) in [4.78, 5) is 4.21. The van der Waals surface area contributed by atoms with Crippen LogP contribution in [0.15, 0.2) is 24.5 Å². The first-order chi connectivity index (χ1) is 7.22. The van der Waals surface area contributed by atoms with E-state index in [2.05, 4.69) is 18.8 Å². The van der Waals surface area contributed by atoms with E-state index in [1.807, 2.05) is 29.8 Å². The van der Waals surface area contributed by atoms with Crippen molar-refractivity contribution in [2.75, 3.05) is 7.11 Å². The van der Waals surface area contributed by atoms with Crippen LogP contribution in [0.4, 0.5) is 0 Å². The molecule has 2 rings (SSSR count). The fraction of sp³-hybridized carbons (Fsp3) is 0.417. The number of rotatable bonds is 1. The normalized spacial score (nSPS) is 9.60. The zero-order valence-corrected chi connectivity index (χ0v) is 9.82. The van der Waals surface area contributed by atoms with E-state index in [-0.39, 0.29) is 0 Å². The molecule has 15 heavy (non-hydrogen) atoms. The molecule has 3 heteroatoms. The van der Waals surface area contributed by atoms with Crippen LogP contribution in [-0.4, -0.2) is 16.7 Å². The second-order valence-corrected chi connectivity index (χ2v) is 3.42. The van der Waals surface area contributed by atoms with Crippen LogP contribution in [0.3, 0.4) is 0 Å². The first-order valence-electron chi connectivity index (χ1n) is 5.18. The summed E-state index contributed by atoms with van der Waals surface area (Å²) in [5, 5.41) is 0. The van der Waals surface area contributed by atoms with Crippen LogP contribution >= 0.6 is 0 Å². The molecule has 0 saturated heterocycles. The molecule has 0 radical (unpaired) electrons. The summed E-state index contributed by atoms with van der Waals surface area (Å²) >= 11 is 0. The van der Waals surface area contributed by atoms with Gasteiger partial charge < -0.3 is 9.30 Å². The molecule has 2 aromatic rings. The third-order valence-corrected chi connectivity index (χ3v) is 1.93. The van der Waals surface area contributed by atoms with Crippen molar-refractivity contribution in [3.63, 3.8) is 0 Å². The SMILES string of the molecule is CCC.COc1ccc2c(c1)ncn2C. The minimum atomic E-state index is 0.848. The number of methoxy groups -OCH3 is 1. The van der Waals surface area contributed by atoms with E-state index < -0.39 is 0 Å². The number of hydrogen-bond donors (Lipinski definition) is 0. The first kappa shape index (κ1) is 11.6. The molecular formula is C12H18N2O. The molecule has 1 aromatic heterocycles. The molecule has 0 fully saturated rings. The molecule has 1 aromatic carbocycles. The molecular weight excluding hydrogens is 188 g/mol. The Kier molecular flexibility index (Phi) is 4.16. The lowest BCUT2D eigenvalue weighted by atomic mass is 10.3. The predicted octanol–water partition coefficient (Wildman–Crippen LogP) is 3.00. The Bertz CT molecular complexity index is 420. The van der Waals surface area contributed by atoms with Gasteiger partial charge in [-0.15, -0.1) is 0 Å². The van der Waals surface area contributed by atoms with Crippen molar-refractivity contribution in [3.8, 4) is 5.75 Å². The maximum Gasteiger partial charge on any atom is 0.121 e. The van der Waals surface area contributed by atoms with E-state index in [1.54, 1.807) is 13.4 Å². The van der Waals surface area contributed by atoms with Gasteiger partial charge in [-0.2, -0.15) is 0 Å². The van der Waals surface area contributed by atoms with E-state index in [4.69, 9.17) is 4.74 Å². The zero-order chi connectivity index (χ0) is 11.3. The van der Waals surface area contributed by atoms with Crippen molar-refractivity contribution >= 4 is 11.0 Å². The number of aromatic nitrogens is 2. The minimum absolute atomic E-state index is 0.848. The zero-order valence-electron chi connectivity index (χ0n) is 9.82. The van der Waals surface area contributed by atoms with Gasteiger partial charge in [-0.05, 0) is 12.1 Å². The molecule has 0 aliphatic heterocycles. The summed E-state index contributed by atoms with van der Waals surface area (Å²) in [6.45, 7) is 4.25. The molecule has 82 valence electrons. The fourth-order valence-corrected chi connectivity index (χ4v) is 1.24. The van der Waals surface area contributed by atoms with Gasteiger partial charge in [-0.25, -0.2) is 4.98 Å². The number of imidazole rings is 1. The summed E-state index contributed by atoms with van der Waals surface area (Å²) in [5.41, 5.74) is 2.09. The lowest BCUT2D eigenvalue weighted by molar-refractivity contribution is 0.415. The minimum Gasteiger partial charge on any atom is -0.497 e. The van der Waals surface area contributed by atoms with Crippen molar-refractivity contribution in [2.24, 2.45) is 7.05 Å². The molecule has 0 bridgehead atoms. The quantitative estimate of drug-likeness (QED) is 0.717. The molecule has 0 amide bonds. The second-order valence-electron chi connectivity index (χ2n) is 3.42. The first-order valence-corrected chi connectivity index (χ1v) is 5.18. The Balaban J connectivity index is 0.000000337. The molecule has 0 saturated carbocycles. The van der Waals surface area contributed by atoms with E-state index in [0.717, 1.165) is 16.8 Å². The Hall–Kier alpha value is -1.51. The standard InChI is InChI=1S/C9H10N2O.C3H8/c1-11-6-10-8-5-7(12-2)3-4-9(8)11;1-3-2/h3-6H,1-2H3;3H2,1-2H3. The largest absolute Gasteiger partial charge is 0.497 e. The summed E-state index contributed by atoms with van der Waals surface area (Å²) < 4.78 is 7.06. The van der Waals surface area contributed by atoms with Gasteiger partial charge in [0, 0.05) is 13.1 Å². The van der Waals surface area contributed by atoms with Crippen molar-refractivity contribution in [3.05, 3.63) is 24.5 Å². The number of benzene rings is 1. The lowest BCUT2D eigenvalue weighted by Crippen LogP contribution is -1.84. The number of fused-ring (bicyclic) bond motifs is 1. The van der Waals surface area contributed by atoms with Crippen molar-refractivity contribution in [1.29, 1.82) is 0 Å². The Labute approximate surface area is 90.7 Å². The smallest absolute Gasteiger partial charge is 0.121 e. The van der Waals surface area contributed by atoms with Crippen LogP contribution in [0.25, 0.3) is 11.0 Å². The average Bonchev–Trinajstić information content (AvgIpc) is 2.61. The van der Waals surface area contributed by atoms with Gasteiger partial charge in [0.05, 0.1) is 24.5 Å². The molecule has 0 aliphatic rings. The summed E-state index contributed by atoms with van der Waals surface area (Å²) in [6, 6.07) is 5.86. The molecule has 0 spiro atoms. The number of ether oxygens (including phenoxy) is 1. The maximum atomic E-state index is 5.08. The molecule has 0 aliphatic carbocycles. The van der Waals surface area contributed by atoms with Crippen LogP contribution in [0.2, 0.25) is 0 Å². The predicted molar refractivity (Wildman–Crippen MR) is 63.2 cm³/mol. The van der Waals surface area contributed by atoms with Gasteiger partial charge in [-0.1, -0.05) is 20.3 Å². The monoisotopic (exact) mass is 206 g/mol. The highest BCUT2D eigenvalue weighted by molar-refractivity contribution is 5.76. The van der Waals surface area contributed by atoms with Crippen molar-refractivity contribution in [2.45, 2.75) is 20.3 Å². The highest BCUT2D eigenvalue weighted by Gasteiger charge is 1.99. The Morgan fingerprint density at radius 3 is 2.60 bits per heavy atom. The van der Waals surface area contributed by atoms with Gasteiger partial charge in [-0.3, -0.25) is 0 Å². The third kappa shape index (κ3) is 2.72. The van der Waals surface area contributed by atoms with Gasteiger partial charge in [0.1, 0.15) is 5.75 Å². The van der Waals surface area contributed by atoms with Crippen LogP contribution in [0.1, 0.15) is 20.3 Å². The summed E-state index contributed by atoms with van der Waals surface area (Å²) in [7, 11) is 3.63. The summed E-state index contributed by atoms with van der Waals surface area (Å²) in [6.07, 6.45) is 3.05. The van der Waals surface area contributed by atoms with E-state index >= 15 is 0 Å². The summed E-state index contributed by atoms with van der Waals surface area (Å²) in [5.74, 6) is 0.848. The Morgan fingerprint density at radius 1 is 1.33 bits per heavy atom. The van der Waals surface area contributed by atoms with Gasteiger partial charge in [0.25, 0.3) is 0 Å². The highest BCUT2D eigenvalue weighted by Crippen LogP contribution is 2.18. The molecule has 3 nitrogen and oxygen atoms in total. The number of hydrogen-bond acceptors (Lipinski definition) is 2. The third-order valence-electron chi connectivity index (χ3n) is 1.93. The Morgan fingerprint density at radius 2 is 2.00 bits per heavy atom. The van der Waals surface area contributed by atoms with Crippen molar-refractivity contribution in [1.82, 2.24) is 9.55 Å². The number of aryl methyl sites for hydroxylation is 1. The average molecular weight is 206 g/mol. The van der Waals surface area contributed by atoms with Crippen molar-refractivity contribution < 1.29 is 4.74 Å². The lowest BCUT2D eigenvalue weighted by Gasteiger charge is -1.98.